The number of hydrogen-bond donors (Lipinski definition) is 1. The lowest BCUT2D eigenvalue weighted by Crippen LogP contribution is -2.26. The van der Waals surface area contributed by atoms with Crippen LogP contribution in [0.4, 0.5) is 8.78 Å². The van der Waals surface area contributed by atoms with E-state index in [-0.39, 0.29) is 5.91 Å². The minimum absolute atomic E-state index is 0.169. The van der Waals surface area contributed by atoms with Crippen molar-refractivity contribution >= 4 is 16.9 Å². The van der Waals surface area contributed by atoms with Gasteiger partial charge in [0.05, 0.1) is 6.61 Å². The van der Waals surface area contributed by atoms with E-state index in [9.17, 15) is 13.6 Å². The van der Waals surface area contributed by atoms with E-state index in [0.29, 0.717) is 42.0 Å². The summed E-state index contributed by atoms with van der Waals surface area (Å²) in [4.78, 5) is 12.4. The Morgan fingerprint density at radius 3 is 2.65 bits per heavy atom. The van der Waals surface area contributed by atoms with Gasteiger partial charge in [-0.15, -0.1) is 0 Å². The van der Waals surface area contributed by atoms with Crippen LogP contribution in [0, 0.1) is 11.6 Å². The minimum atomic E-state index is -0.880. The van der Waals surface area contributed by atoms with Crippen LogP contribution in [0.2, 0.25) is 0 Å². The summed E-state index contributed by atoms with van der Waals surface area (Å²) >= 11 is 0. The third-order valence-corrected chi connectivity index (χ3v) is 5.00. The van der Waals surface area contributed by atoms with Crippen LogP contribution in [0.25, 0.3) is 22.1 Å². The SMILES string of the molecule is COCCNC(=O)c1cccc(-c2cccc3oc(Cc4ccc(F)c(F)c4)cc23)c1. The van der Waals surface area contributed by atoms with Gasteiger partial charge >= 0.3 is 0 Å². The largest absolute Gasteiger partial charge is 0.461 e. The first-order chi connectivity index (χ1) is 15.0. The average Bonchev–Trinajstić information content (AvgIpc) is 3.19. The normalized spacial score (nSPS) is 11.1. The smallest absolute Gasteiger partial charge is 0.251 e. The third kappa shape index (κ3) is 4.64. The molecule has 0 aliphatic rings. The molecule has 1 amide bonds. The number of methoxy groups -OCH3 is 1. The lowest BCUT2D eigenvalue weighted by molar-refractivity contribution is 0.0937. The van der Waals surface area contributed by atoms with Crippen molar-refractivity contribution in [2.75, 3.05) is 20.3 Å². The topological polar surface area (TPSA) is 51.5 Å². The van der Waals surface area contributed by atoms with Crippen LogP contribution >= 0.6 is 0 Å². The van der Waals surface area contributed by atoms with Crippen molar-refractivity contribution in [1.82, 2.24) is 5.32 Å². The summed E-state index contributed by atoms with van der Waals surface area (Å²) in [6, 6.07) is 18.8. The zero-order valence-electron chi connectivity index (χ0n) is 17.0. The van der Waals surface area contributed by atoms with Crippen LogP contribution in [0.15, 0.2) is 71.1 Å². The molecule has 0 fully saturated rings. The molecule has 0 radical (unpaired) electrons. The van der Waals surface area contributed by atoms with Crippen LogP contribution in [0.5, 0.6) is 0 Å². The van der Waals surface area contributed by atoms with E-state index in [1.54, 1.807) is 13.2 Å². The minimum Gasteiger partial charge on any atom is -0.461 e. The van der Waals surface area contributed by atoms with Gasteiger partial charge in [-0.2, -0.15) is 0 Å². The van der Waals surface area contributed by atoms with Crippen molar-refractivity contribution in [3.8, 4) is 11.1 Å². The molecule has 31 heavy (non-hydrogen) atoms. The fraction of sp³-hybridized carbons (Fsp3) is 0.160. The third-order valence-electron chi connectivity index (χ3n) is 5.00. The molecular weight excluding hydrogens is 400 g/mol. The van der Waals surface area contributed by atoms with Gasteiger partial charge in [-0.1, -0.05) is 30.3 Å². The Morgan fingerprint density at radius 1 is 1.00 bits per heavy atom. The van der Waals surface area contributed by atoms with Gasteiger partial charge in [-0.3, -0.25) is 4.79 Å². The first kappa shape index (κ1) is 20.8. The number of nitrogens with one attached hydrogen (secondary N) is 1. The maximum absolute atomic E-state index is 13.5. The molecule has 1 heterocycles. The highest BCUT2D eigenvalue weighted by molar-refractivity contribution is 5.98. The molecule has 6 heteroatoms. The van der Waals surface area contributed by atoms with Crippen LogP contribution < -0.4 is 5.32 Å². The molecule has 3 aromatic carbocycles. The number of fused-ring (bicyclic) bond motifs is 1. The van der Waals surface area contributed by atoms with E-state index in [1.807, 2.05) is 42.5 Å². The second-order valence-electron chi connectivity index (χ2n) is 7.18. The van der Waals surface area contributed by atoms with Gasteiger partial charge in [-0.25, -0.2) is 8.78 Å². The molecule has 0 aliphatic heterocycles. The van der Waals surface area contributed by atoms with Gasteiger partial charge in [0.2, 0.25) is 0 Å². The number of carbonyl (C=O) groups excluding carboxylic acids is 1. The number of ether oxygens (including phenoxy) is 1. The Bertz CT molecular complexity index is 1230. The van der Waals surface area contributed by atoms with Crippen molar-refractivity contribution in [3.05, 3.63) is 95.3 Å². The van der Waals surface area contributed by atoms with Gasteiger partial charge in [0.1, 0.15) is 11.3 Å². The van der Waals surface area contributed by atoms with Crippen LogP contribution in [-0.2, 0) is 11.2 Å². The predicted octanol–water partition coefficient (Wildman–Crippen LogP) is 5.35. The Morgan fingerprint density at radius 2 is 1.84 bits per heavy atom. The van der Waals surface area contributed by atoms with E-state index >= 15 is 0 Å². The molecule has 0 saturated carbocycles. The summed E-state index contributed by atoms with van der Waals surface area (Å²) in [5.41, 5.74) is 3.66. The van der Waals surface area contributed by atoms with Crippen molar-refractivity contribution < 1.29 is 22.7 Å². The molecule has 4 nitrogen and oxygen atoms in total. The monoisotopic (exact) mass is 421 g/mol. The number of rotatable bonds is 7. The quantitative estimate of drug-likeness (QED) is 0.410. The summed E-state index contributed by atoms with van der Waals surface area (Å²) in [7, 11) is 1.58. The highest BCUT2D eigenvalue weighted by Gasteiger charge is 2.13. The van der Waals surface area contributed by atoms with E-state index < -0.39 is 11.6 Å². The van der Waals surface area contributed by atoms with Crippen molar-refractivity contribution in [3.63, 3.8) is 0 Å². The van der Waals surface area contributed by atoms with Gasteiger partial charge in [0, 0.05) is 31.0 Å². The van der Waals surface area contributed by atoms with Crippen molar-refractivity contribution in [2.45, 2.75) is 6.42 Å². The van der Waals surface area contributed by atoms with E-state index in [4.69, 9.17) is 9.15 Å². The zero-order chi connectivity index (χ0) is 21.8. The molecule has 0 saturated heterocycles. The maximum atomic E-state index is 13.5. The Labute approximate surface area is 178 Å². The Hall–Kier alpha value is -3.51. The fourth-order valence-electron chi connectivity index (χ4n) is 3.50. The standard InChI is InChI=1S/C25H21F2NO3/c1-30-11-10-28-25(29)18-5-2-4-17(14-18)20-6-3-7-24-21(20)15-19(31-24)12-16-8-9-22(26)23(27)13-16/h2-9,13-15H,10-12H2,1H3,(H,28,29). The molecule has 0 atom stereocenters. The number of benzene rings is 3. The number of hydrogen-bond acceptors (Lipinski definition) is 3. The van der Waals surface area contributed by atoms with Crippen LogP contribution in [0.1, 0.15) is 21.7 Å². The zero-order valence-corrected chi connectivity index (χ0v) is 17.0. The molecule has 4 aromatic rings. The molecule has 1 aromatic heterocycles. The molecule has 4 rings (SSSR count). The Kier molecular flexibility index (Phi) is 6.09. The lowest BCUT2D eigenvalue weighted by atomic mass is 9.99. The number of carbonyl (C=O) groups is 1. The van der Waals surface area contributed by atoms with Crippen molar-refractivity contribution in [2.24, 2.45) is 0 Å². The van der Waals surface area contributed by atoms with Gasteiger partial charge in [-0.05, 0) is 53.1 Å². The maximum Gasteiger partial charge on any atom is 0.251 e. The summed E-state index contributed by atoms with van der Waals surface area (Å²) in [6.07, 6.45) is 0.341. The summed E-state index contributed by atoms with van der Waals surface area (Å²) in [6.45, 7) is 0.880. The van der Waals surface area contributed by atoms with Crippen molar-refractivity contribution in [1.29, 1.82) is 0 Å². The molecule has 0 bridgehead atoms. The first-order valence-corrected chi connectivity index (χ1v) is 9.88. The molecule has 1 N–H and O–H groups in total. The lowest BCUT2D eigenvalue weighted by Gasteiger charge is -2.07. The molecule has 158 valence electrons. The van der Waals surface area contributed by atoms with Gasteiger partial charge in [0.15, 0.2) is 11.6 Å². The molecule has 0 aliphatic carbocycles. The highest BCUT2D eigenvalue weighted by atomic mass is 19.2. The molecule has 0 unspecified atom stereocenters. The highest BCUT2D eigenvalue weighted by Crippen LogP contribution is 2.32. The number of furan rings is 1. The Balaban J connectivity index is 1.63. The number of amides is 1. The second kappa shape index (κ2) is 9.10. The van der Waals surface area contributed by atoms with E-state index in [2.05, 4.69) is 5.32 Å². The summed E-state index contributed by atoms with van der Waals surface area (Å²) in [5, 5.41) is 3.70. The molecular formula is C25H21F2NO3. The van der Waals surface area contributed by atoms with Gasteiger partial charge < -0.3 is 14.5 Å². The fourth-order valence-corrected chi connectivity index (χ4v) is 3.50. The predicted molar refractivity (Wildman–Crippen MR) is 115 cm³/mol. The van der Waals surface area contributed by atoms with Crippen LogP contribution in [-0.4, -0.2) is 26.2 Å². The first-order valence-electron chi connectivity index (χ1n) is 9.88. The molecule has 0 spiro atoms. The summed E-state index contributed by atoms with van der Waals surface area (Å²) < 4.78 is 37.6. The average molecular weight is 421 g/mol. The summed E-state index contributed by atoms with van der Waals surface area (Å²) in [5.74, 6) is -1.28. The number of halogens is 2. The van der Waals surface area contributed by atoms with Gasteiger partial charge in [0.25, 0.3) is 5.91 Å². The second-order valence-corrected chi connectivity index (χ2v) is 7.18. The van der Waals surface area contributed by atoms with E-state index in [1.165, 1.54) is 12.1 Å². The van der Waals surface area contributed by atoms with E-state index in [0.717, 1.165) is 22.6 Å². The van der Waals surface area contributed by atoms with Crippen LogP contribution in [0.3, 0.4) is 0 Å².